The summed E-state index contributed by atoms with van der Waals surface area (Å²) in [6.45, 7) is 5.36. The van der Waals surface area contributed by atoms with Crippen molar-refractivity contribution in [1.82, 2.24) is 4.98 Å². The van der Waals surface area contributed by atoms with E-state index in [4.69, 9.17) is 5.11 Å². The monoisotopic (exact) mass is 231 g/mol. The summed E-state index contributed by atoms with van der Waals surface area (Å²) in [5.74, 6) is -0.127. The van der Waals surface area contributed by atoms with Crippen LogP contribution in [0.3, 0.4) is 0 Å². The van der Waals surface area contributed by atoms with Gasteiger partial charge < -0.3 is 5.11 Å². The maximum absolute atomic E-state index is 10.8. The van der Waals surface area contributed by atoms with E-state index in [1.54, 1.807) is 25.2 Å². The van der Waals surface area contributed by atoms with Crippen molar-refractivity contribution in [3.63, 3.8) is 0 Å². The molecular formula is C9H13NO2S2. The highest BCUT2D eigenvalue weighted by Crippen LogP contribution is 2.28. The van der Waals surface area contributed by atoms with Crippen LogP contribution < -0.4 is 0 Å². The number of nitrogens with zero attached hydrogens (tertiary/aromatic N) is 1. The summed E-state index contributed by atoms with van der Waals surface area (Å²) in [5, 5.41) is 11.9. The standard InChI is InChI=1S/C9H13NO2S2/c1-6-10-7(4-13-6)5-14-9(2,3)8(11)12/h4H,5H2,1-3H3,(H,11,12). The first-order chi connectivity index (χ1) is 6.42. The van der Waals surface area contributed by atoms with Crippen LogP contribution in [0.25, 0.3) is 0 Å². The second kappa shape index (κ2) is 4.31. The van der Waals surface area contributed by atoms with Crippen molar-refractivity contribution >= 4 is 29.1 Å². The summed E-state index contributed by atoms with van der Waals surface area (Å²) in [6.07, 6.45) is 0. The molecule has 0 aliphatic heterocycles. The van der Waals surface area contributed by atoms with E-state index in [1.165, 1.54) is 11.8 Å². The maximum atomic E-state index is 10.8. The molecule has 0 amide bonds. The highest BCUT2D eigenvalue weighted by Gasteiger charge is 2.27. The van der Waals surface area contributed by atoms with Crippen molar-refractivity contribution in [1.29, 1.82) is 0 Å². The number of carboxylic acids is 1. The molecular weight excluding hydrogens is 218 g/mol. The van der Waals surface area contributed by atoms with E-state index in [2.05, 4.69) is 4.98 Å². The molecule has 0 bridgehead atoms. The quantitative estimate of drug-likeness (QED) is 0.865. The molecule has 0 saturated carbocycles. The molecule has 1 N–H and O–H groups in total. The lowest BCUT2D eigenvalue weighted by Gasteiger charge is -2.17. The zero-order valence-electron chi connectivity index (χ0n) is 8.40. The van der Waals surface area contributed by atoms with Crippen LogP contribution in [0.2, 0.25) is 0 Å². The summed E-state index contributed by atoms with van der Waals surface area (Å²) < 4.78 is -0.739. The molecule has 1 heterocycles. The zero-order valence-corrected chi connectivity index (χ0v) is 10.0. The van der Waals surface area contributed by atoms with E-state index in [9.17, 15) is 4.79 Å². The Morgan fingerprint density at radius 1 is 1.71 bits per heavy atom. The Balaban J connectivity index is 2.52. The average molecular weight is 231 g/mol. The van der Waals surface area contributed by atoms with Gasteiger partial charge in [0, 0.05) is 11.1 Å². The number of thioether (sulfide) groups is 1. The van der Waals surface area contributed by atoms with Crippen LogP contribution in [0, 0.1) is 6.92 Å². The minimum atomic E-state index is -0.783. The Morgan fingerprint density at radius 2 is 2.36 bits per heavy atom. The van der Waals surface area contributed by atoms with Crippen molar-refractivity contribution in [2.45, 2.75) is 31.3 Å². The Kier molecular flexibility index (Phi) is 3.55. The van der Waals surface area contributed by atoms with Crippen LogP contribution in [-0.2, 0) is 10.5 Å². The number of rotatable bonds is 4. The van der Waals surface area contributed by atoms with E-state index in [-0.39, 0.29) is 0 Å². The van der Waals surface area contributed by atoms with E-state index in [0.717, 1.165) is 10.7 Å². The molecule has 1 aromatic heterocycles. The second-order valence-electron chi connectivity index (χ2n) is 3.46. The van der Waals surface area contributed by atoms with Crippen LogP contribution in [0.15, 0.2) is 5.38 Å². The summed E-state index contributed by atoms with van der Waals surface area (Å²) >= 11 is 2.99. The van der Waals surface area contributed by atoms with Crippen LogP contribution in [0.1, 0.15) is 24.5 Å². The van der Waals surface area contributed by atoms with Crippen molar-refractivity contribution in [3.05, 3.63) is 16.1 Å². The molecule has 78 valence electrons. The van der Waals surface area contributed by atoms with Gasteiger partial charge in [0.05, 0.1) is 10.7 Å². The van der Waals surface area contributed by atoms with Gasteiger partial charge in [-0.05, 0) is 20.8 Å². The number of carbonyl (C=O) groups is 1. The number of aliphatic carboxylic acids is 1. The van der Waals surface area contributed by atoms with Gasteiger partial charge in [0.2, 0.25) is 0 Å². The third-order valence-corrected chi connectivity index (χ3v) is 3.92. The smallest absolute Gasteiger partial charge is 0.319 e. The van der Waals surface area contributed by atoms with E-state index in [1.807, 2.05) is 12.3 Å². The van der Waals surface area contributed by atoms with Gasteiger partial charge in [-0.2, -0.15) is 0 Å². The van der Waals surface area contributed by atoms with Gasteiger partial charge >= 0.3 is 5.97 Å². The fraction of sp³-hybridized carbons (Fsp3) is 0.556. The maximum Gasteiger partial charge on any atom is 0.319 e. The summed E-state index contributed by atoms with van der Waals surface area (Å²) in [6, 6.07) is 0. The predicted octanol–water partition coefficient (Wildman–Crippen LogP) is 2.55. The Hall–Kier alpha value is -0.550. The van der Waals surface area contributed by atoms with E-state index in [0.29, 0.717) is 5.75 Å². The lowest BCUT2D eigenvalue weighted by molar-refractivity contribution is -0.138. The first kappa shape index (κ1) is 11.5. The molecule has 1 aromatic rings. The van der Waals surface area contributed by atoms with Gasteiger partial charge in [-0.15, -0.1) is 23.1 Å². The molecule has 0 aliphatic rings. The molecule has 14 heavy (non-hydrogen) atoms. The van der Waals surface area contributed by atoms with Crippen LogP contribution in [0.5, 0.6) is 0 Å². The molecule has 0 aromatic carbocycles. The molecule has 0 unspecified atom stereocenters. The largest absolute Gasteiger partial charge is 0.480 e. The van der Waals surface area contributed by atoms with Gasteiger partial charge in [0.1, 0.15) is 4.75 Å². The number of aryl methyl sites for hydroxylation is 1. The molecule has 0 atom stereocenters. The van der Waals surface area contributed by atoms with Crippen molar-refractivity contribution < 1.29 is 9.90 Å². The lowest BCUT2D eigenvalue weighted by Crippen LogP contribution is -2.27. The fourth-order valence-corrected chi connectivity index (χ4v) is 2.29. The minimum Gasteiger partial charge on any atom is -0.480 e. The topological polar surface area (TPSA) is 50.2 Å². The first-order valence-corrected chi connectivity index (χ1v) is 6.07. The normalized spacial score (nSPS) is 11.6. The van der Waals surface area contributed by atoms with E-state index < -0.39 is 10.7 Å². The molecule has 1 rings (SSSR count). The highest BCUT2D eigenvalue weighted by atomic mass is 32.2. The number of carboxylic acid groups (broad SMARTS) is 1. The van der Waals surface area contributed by atoms with Gasteiger partial charge in [0.15, 0.2) is 0 Å². The van der Waals surface area contributed by atoms with Crippen molar-refractivity contribution in [3.8, 4) is 0 Å². The average Bonchev–Trinajstić information content (AvgIpc) is 2.48. The fourth-order valence-electron chi connectivity index (χ4n) is 0.791. The number of thiazole rings is 1. The Bertz CT molecular complexity index is 333. The van der Waals surface area contributed by atoms with Crippen LogP contribution in [0.4, 0.5) is 0 Å². The van der Waals surface area contributed by atoms with Crippen molar-refractivity contribution in [2.24, 2.45) is 0 Å². The minimum absolute atomic E-state index is 0.656. The zero-order chi connectivity index (χ0) is 10.8. The third-order valence-electron chi connectivity index (χ3n) is 1.76. The highest BCUT2D eigenvalue weighted by molar-refractivity contribution is 8.00. The van der Waals surface area contributed by atoms with Gasteiger partial charge in [0.25, 0.3) is 0 Å². The second-order valence-corrected chi connectivity index (χ2v) is 6.12. The Labute approximate surface area is 91.6 Å². The molecule has 3 nitrogen and oxygen atoms in total. The number of hydrogen-bond donors (Lipinski definition) is 1. The SMILES string of the molecule is Cc1nc(CSC(C)(C)C(=O)O)cs1. The van der Waals surface area contributed by atoms with Crippen LogP contribution in [-0.4, -0.2) is 20.8 Å². The molecule has 0 fully saturated rings. The van der Waals surface area contributed by atoms with Gasteiger partial charge in [-0.1, -0.05) is 0 Å². The molecule has 0 radical (unpaired) electrons. The molecule has 0 saturated heterocycles. The summed E-state index contributed by atoms with van der Waals surface area (Å²) in [5.41, 5.74) is 0.965. The first-order valence-electron chi connectivity index (χ1n) is 4.20. The summed E-state index contributed by atoms with van der Waals surface area (Å²) in [7, 11) is 0. The van der Waals surface area contributed by atoms with Crippen molar-refractivity contribution in [2.75, 3.05) is 0 Å². The summed E-state index contributed by atoms with van der Waals surface area (Å²) in [4.78, 5) is 15.1. The third kappa shape index (κ3) is 2.99. The number of aromatic nitrogens is 1. The van der Waals surface area contributed by atoms with Gasteiger partial charge in [-0.3, -0.25) is 4.79 Å². The van der Waals surface area contributed by atoms with Crippen LogP contribution >= 0.6 is 23.1 Å². The molecule has 5 heteroatoms. The van der Waals surface area contributed by atoms with E-state index >= 15 is 0 Å². The van der Waals surface area contributed by atoms with Gasteiger partial charge in [-0.25, -0.2) is 4.98 Å². The predicted molar refractivity (Wildman–Crippen MR) is 59.9 cm³/mol. The number of hydrogen-bond acceptors (Lipinski definition) is 4. The lowest BCUT2D eigenvalue weighted by atomic mass is 10.2. The Morgan fingerprint density at radius 3 is 2.79 bits per heavy atom. The molecule has 0 aliphatic carbocycles. The molecule has 0 spiro atoms.